The Kier molecular flexibility index (Phi) is 1.93. The average molecular weight is 228 g/mol. The molecule has 0 saturated carbocycles. The summed E-state index contributed by atoms with van der Waals surface area (Å²) in [5, 5.41) is 0. The number of hydrogen-bond donors (Lipinski definition) is 0. The molecule has 3 nitrogen and oxygen atoms in total. The van der Waals surface area contributed by atoms with Crippen LogP contribution in [0.1, 0.15) is 0 Å². The topological polar surface area (TPSA) is 35.5 Å². The molecule has 1 rings (SSSR count). The van der Waals surface area contributed by atoms with Gasteiger partial charge >= 0.3 is 6.16 Å². The highest BCUT2D eigenvalue weighted by Gasteiger charge is 2.22. The molecular formula is C4H5IO3. The number of alkyl halides is 1. The molecule has 1 saturated heterocycles. The number of rotatable bonds is 1. The lowest BCUT2D eigenvalue weighted by Crippen LogP contribution is -2.10. The molecule has 4 heteroatoms. The van der Waals surface area contributed by atoms with Crippen molar-refractivity contribution in [3.8, 4) is 0 Å². The van der Waals surface area contributed by atoms with Crippen LogP contribution in [0.4, 0.5) is 4.79 Å². The van der Waals surface area contributed by atoms with E-state index in [0.29, 0.717) is 6.61 Å². The molecule has 1 heterocycles. The highest BCUT2D eigenvalue weighted by molar-refractivity contribution is 14.1. The summed E-state index contributed by atoms with van der Waals surface area (Å²) in [7, 11) is 0. The van der Waals surface area contributed by atoms with Gasteiger partial charge in [-0.3, -0.25) is 0 Å². The molecule has 0 bridgehead atoms. The molecule has 0 radical (unpaired) electrons. The third-order valence-corrected chi connectivity index (χ3v) is 1.80. The van der Waals surface area contributed by atoms with Crippen LogP contribution >= 0.6 is 22.6 Å². The third kappa shape index (κ3) is 1.24. The van der Waals surface area contributed by atoms with Gasteiger partial charge in [-0.2, -0.15) is 0 Å². The van der Waals surface area contributed by atoms with Crippen molar-refractivity contribution in [1.82, 2.24) is 0 Å². The second-order valence-electron chi connectivity index (χ2n) is 1.46. The summed E-state index contributed by atoms with van der Waals surface area (Å²) in [5.41, 5.74) is 0. The monoisotopic (exact) mass is 228 g/mol. The molecular weight excluding hydrogens is 223 g/mol. The fraction of sp³-hybridized carbons (Fsp3) is 0.750. The normalized spacial score (nSPS) is 27.1. The molecule has 8 heavy (non-hydrogen) atoms. The zero-order valence-corrected chi connectivity index (χ0v) is 6.25. The van der Waals surface area contributed by atoms with Gasteiger partial charge in [-0.15, -0.1) is 0 Å². The van der Waals surface area contributed by atoms with Crippen molar-refractivity contribution in [1.29, 1.82) is 0 Å². The zero-order valence-electron chi connectivity index (χ0n) is 4.09. The number of hydrogen-bond acceptors (Lipinski definition) is 3. The predicted octanol–water partition coefficient (Wildman–Crippen LogP) is 0.957. The van der Waals surface area contributed by atoms with E-state index in [2.05, 4.69) is 32.1 Å². The fourth-order valence-corrected chi connectivity index (χ4v) is 0.875. The van der Waals surface area contributed by atoms with E-state index in [1.165, 1.54) is 0 Å². The molecule has 1 atom stereocenters. The first kappa shape index (κ1) is 6.12. The fourth-order valence-electron chi connectivity index (χ4n) is 0.441. The Labute approximate surface area is 60.5 Å². The molecule has 46 valence electrons. The first-order chi connectivity index (χ1) is 3.83. The highest BCUT2D eigenvalue weighted by atomic mass is 127. The Morgan fingerprint density at radius 3 is 2.88 bits per heavy atom. The van der Waals surface area contributed by atoms with Gasteiger partial charge in [-0.1, -0.05) is 22.6 Å². The van der Waals surface area contributed by atoms with Gasteiger partial charge in [-0.25, -0.2) is 4.79 Å². The first-order valence-electron chi connectivity index (χ1n) is 2.22. The molecule has 1 aliphatic heterocycles. The van der Waals surface area contributed by atoms with E-state index in [9.17, 15) is 4.79 Å². The quantitative estimate of drug-likeness (QED) is 0.381. The van der Waals surface area contributed by atoms with E-state index >= 15 is 0 Å². The average Bonchev–Trinajstić information content (AvgIpc) is 2.14. The lowest BCUT2D eigenvalue weighted by Gasteiger charge is -1.95. The van der Waals surface area contributed by atoms with E-state index < -0.39 is 6.16 Å². The summed E-state index contributed by atoms with van der Waals surface area (Å²) >= 11 is 2.14. The maximum atomic E-state index is 10.2. The summed E-state index contributed by atoms with van der Waals surface area (Å²) in [6.07, 6.45) is -0.547. The Hall–Kier alpha value is -0.0000000000000000555. The molecule has 0 amide bonds. The van der Waals surface area contributed by atoms with Crippen molar-refractivity contribution in [2.45, 2.75) is 6.10 Å². The van der Waals surface area contributed by atoms with Gasteiger partial charge in [0.2, 0.25) is 0 Å². The smallest absolute Gasteiger partial charge is 0.430 e. The van der Waals surface area contributed by atoms with E-state index in [0.717, 1.165) is 4.43 Å². The summed E-state index contributed by atoms with van der Waals surface area (Å²) in [4.78, 5) is 10.2. The lowest BCUT2D eigenvalue weighted by molar-refractivity contribution is 0.122. The number of carbonyl (C=O) groups excluding carboxylic acids is 1. The number of ether oxygens (including phenoxy) is 2. The standard InChI is InChI=1S/C4H5IO3/c5-1-3-2-7-4(6)8-3/h3H,1-2H2. The summed E-state index contributed by atoms with van der Waals surface area (Å²) in [6, 6.07) is 0. The Bertz CT molecular complexity index is 103. The molecule has 1 aliphatic rings. The summed E-state index contributed by atoms with van der Waals surface area (Å²) in [6.45, 7) is 0.418. The molecule has 0 spiro atoms. The zero-order chi connectivity index (χ0) is 5.98. The minimum atomic E-state index is -0.535. The lowest BCUT2D eigenvalue weighted by atomic mass is 10.5. The van der Waals surface area contributed by atoms with Gasteiger partial charge in [0.25, 0.3) is 0 Å². The van der Waals surface area contributed by atoms with E-state index in [4.69, 9.17) is 0 Å². The Balaban J connectivity index is 2.32. The number of carbonyl (C=O) groups is 1. The van der Waals surface area contributed by atoms with Crippen molar-refractivity contribution < 1.29 is 14.3 Å². The van der Waals surface area contributed by atoms with Crippen molar-refractivity contribution in [2.75, 3.05) is 11.0 Å². The van der Waals surface area contributed by atoms with Crippen LogP contribution in [0.3, 0.4) is 0 Å². The van der Waals surface area contributed by atoms with Crippen molar-refractivity contribution in [3.05, 3.63) is 0 Å². The van der Waals surface area contributed by atoms with Crippen molar-refractivity contribution in [2.24, 2.45) is 0 Å². The van der Waals surface area contributed by atoms with E-state index in [-0.39, 0.29) is 6.10 Å². The summed E-state index contributed by atoms with van der Waals surface area (Å²) in [5.74, 6) is 0. The molecule has 1 fully saturated rings. The number of halogens is 1. The minimum Gasteiger partial charge on any atom is -0.430 e. The SMILES string of the molecule is O=C1OCC(CI)O1. The van der Waals surface area contributed by atoms with Gasteiger partial charge in [0.1, 0.15) is 12.7 Å². The van der Waals surface area contributed by atoms with Crippen molar-refractivity contribution >= 4 is 28.7 Å². The Morgan fingerprint density at radius 2 is 2.62 bits per heavy atom. The largest absolute Gasteiger partial charge is 0.508 e. The second-order valence-corrected chi connectivity index (χ2v) is 2.34. The van der Waals surface area contributed by atoms with Gasteiger partial charge in [-0.05, 0) is 0 Å². The van der Waals surface area contributed by atoms with Gasteiger partial charge in [0.15, 0.2) is 0 Å². The molecule has 0 aliphatic carbocycles. The highest BCUT2D eigenvalue weighted by Crippen LogP contribution is 2.07. The van der Waals surface area contributed by atoms with Crippen LogP contribution in [-0.2, 0) is 9.47 Å². The van der Waals surface area contributed by atoms with E-state index in [1.807, 2.05) is 0 Å². The van der Waals surface area contributed by atoms with Crippen LogP contribution in [0, 0.1) is 0 Å². The van der Waals surface area contributed by atoms with Crippen LogP contribution in [0.5, 0.6) is 0 Å². The van der Waals surface area contributed by atoms with Crippen LogP contribution in [0.15, 0.2) is 0 Å². The van der Waals surface area contributed by atoms with Gasteiger partial charge in [0.05, 0.1) is 0 Å². The molecule has 0 N–H and O–H groups in total. The maximum absolute atomic E-state index is 10.2. The van der Waals surface area contributed by atoms with Gasteiger partial charge < -0.3 is 9.47 Å². The molecule has 0 aromatic carbocycles. The van der Waals surface area contributed by atoms with Crippen LogP contribution in [0.25, 0.3) is 0 Å². The van der Waals surface area contributed by atoms with Gasteiger partial charge in [0, 0.05) is 4.43 Å². The maximum Gasteiger partial charge on any atom is 0.508 e. The molecule has 1 unspecified atom stereocenters. The molecule has 0 aromatic heterocycles. The van der Waals surface area contributed by atoms with E-state index in [1.54, 1.807) is 0 Å². The van der Waals surface area contributed by atoms with Crippen LogP contribution in [-0.4, -0.2) is 23.3 Å². The van der Waals surface area contributed by atoms with Crippen molar-refractivity contribution in [3.63, 3.8) is 0 Å². The predicted molar refractivity (Wildman–Crippen MR) is 35.1 cm³/mol. The number of cyclic esters (lactones) is 2. The second kappa shape index (κ2) is 2.52. The molecule has 0 aromatic rings. The first-order valence-corrected chi connectivity index (χ1v) is 3.75. The third-order valence-electron chi connectivity index (χ3n) is 0.822. The van der Waals surface area contributed by atoms with Crippen LogP contribution < -0.4 is 0 Å². The minimum absolute atomic E-state index is 0.0110. The van der Waals surface area contributed by atoms with Crippen LogP contribution in [0.2, 0.25) is 0 Å². The summed E-state index contributed by atoms with van der Waals surface area (Å²) < 4.78 is 9.94. The Morgan fingerprint density at radius 1 is 1.88 bits per heavy atom.